The number of aryl methyl sites for hydroxylation is 1. The molecule has 8 nitrogen and oxygen atoms in total. The van der Waals surface area contributed by atoms with E-state index < -0.39 is 18.5 Å². The molecule has 156 valence electrons. The van der Waals surface area contributed by atoms with Crippen LogP contribution in [0.5, 0.6) is 0 Å². The summed E-state index contributed by atoms with van der Waals surface area (Å²) in [6.45, 7) is 5.82. The third-order valence-electron chi connectivity index (χ3n) is 4.21. The average Bonchev–Trinajstić information content (AvgIpc) is 2.98. The molecule has 0 saturated heterocycles. The van der Waals surface area contributed by atoms with Crippen LogP contribution >= 0.6 is 11.6 Å². The van der Waals surface area contributed by atoms with Crippen molar-refractivity contribution >= 4 is 29.4 Å². The van der Waals surface area contributed by atoms with Gasteiger partial charge in [0.25, 0.3) is 5.91 Å². The topological polar surface area (TPSA) is 93.5 Å². The minimum atomic E-state index is -0.728. The highest BCUT2D eigenvalue weighted by molar-refractivity contribution is 6.32. The van der Waals surface area contributed by atoms with E-state index in [0.29, 0.717) is 25.3 Å². The van der Waals surface area contributed by atoms with Gasteiger partial charge < -0.3 is 15.0 Å². The lowest BCUT2D eigenvalue weighted by atomic mass is 10.2. The van der Waals surface area contributed by atoms with Gasteiger partial charge in [0.2, 0.25) is 5.91 Å². The standard InChI is InChI=1S/C20H25ClN4O4/c1-4-22-16(26)12-24(5-2)17(27)13-29-20(28)18-14(3)23-25(19(18)21)11-15-9-7-6-8-10-15/h6-10H,4-5,11-13H2,1-3H3,(H,22,26). The average molecular weight is 421 g/mol. The first-order valence-electron chi connectivity index (χ1n) is 9.35. The predicted octanol–water partition coefficient (Wildman–Crippen LogP) is 2.03. The molecule has 2 rings (SSSR count). The van der Waals surface area contributed by atoms with E-state index in [2.05, 4.69) is 10.4 Å². The molecule has 1 N–H and O–H groups in total. The van der Waals surface area contributed by atoms with Crippen molar-refractivity contribution in [2.24, 2.45) is 0 Å². The molecule has 0 bridgehead atoms. The van der Waals surface area contributed by atoms with Crippen LogP contribution in [0.1, 0.15) is 35.5 Å². The number of likely N-dealkylation sites (N-methyl/N-ethyl adjacent to an activating group) is 2. The maximum atomic E-state index is 12.5. The summed E-state index contributed by atoms with van der Waals surface area (Å²) in [5, 5.41) is 7.08. The van der Waals surface area contributed by atoms with Crippen LogP contribution in [0, 0.1) is 6.92 Å². The second kappa shape index (κ2) is 10.6. The Morgan fingerprint density at radius 2 is 1.90 bits per heavy atom. The van der Waals surface area contributed by atoms with Crippen molar-refractivity contribution in [3.05, 3.63) is 52.3 Å². The number of rotatable bonds is 9. The van der Waals surface area contributed by atoms with E-state index in [0.717, 1.165) is 5.56 Å². The van der Waals surface area contributed by atoms with Crippen LogP contribution in [0.4, 0.5) is 0 Å². The summed E-state index contributed by atoms with van der Waals surface area (Å²) in [5.41, 5.74) is 1.52. The fraction of sp³-hybridized carbons (Fsp3) is 0.400. The maximum Gasteiger partial charge on any atom is 0.343 e. The number of nitrogens with one attached hydrogen (secondary N) is 1. The minimum absolute atomic E-state index is 0.0878. The van der Waals surface area contributed by atoms with Gasteiger partial charge in [0.15, 0.2) is 6.61 Å². The fourth-order valence-corrected chi connectivity index (χ4v) is 3.05. The first-order valence-corrected chi connectivity index (χ1v) is 9.73. The smallest absolute Gasteiger partial charge is 0.343 e. The molecule has 2 amide bonds. The van der Waals surface area contributed by atoms with Crippen LogP contribution in [0.15, 0.2) is 30.3 Å². The van der Waals surface area contributed by atoms with Crippen molar-refractivity contribution in [1.29, 1.82) is 0 Å². The Bertz CT molecular complexity index is 867. The van der Waals surface area contributed by atoms with E-state index >= 15 is 0 Å². The highest BCUT2D eigenvalue weighted by Crippen LogP contribution is 2.22. The molecule has 9 heteroatoms. The van der Waals surface area contributed by atoms with E-state index in [1.807, 2.05) is 30.3 Å². The number of aromatic nitrogens is 2. The van der Waals surface area contributed by atoms with Gasteiger partial charge in [-0.15, -0.1) is 0 Å². The minimum Gasteiger partial charge on any atom is -0.452 e. The monoisotopic (exact) mass is 420 g/mol. The second-order valence-corrected chi connectivity index (χ2v) is 6.69. The Kier molecular flexibility index (Phi) is 8.21. The number of halogens is 1. The summed E-state index contributed by atoms with van der Waals surface area (Å²) in [6, 6.07) is 9.57. The number of amides is 2. The Labute approximate surface area is 174 Å². The van der Waals surface area contributed by atoms with Crippen molar-refractivity contribution in [1.82, 2.24) is 20.0 Å². The molecular weight excluding hydrogens is 396 g/mol. The number of nitrogens with zero attached hydrogens (tertiary/aromatic N) is 3. The molecule has 1 aromatic carbocycles. The molecule has 0 unspecified atom stereocenters. The zero-order chi connectivity index (χ0) is 21.4. The number of ether oxygens (including phenoxy) is 1. The summed E-state index contributed by atoms with van der Waals surface area (Å²) in [6.07, 6.45) is 0. The van der Waals surface area contributed by atoms with Gasteiger partial charge in [0.05, 0.1) is 18.8 Å². The lowest BCUT2D eigenvalue weighted by Crippen LogP contribution is -2.42. The highest BCUT2D eigenvalue weighted by atomic mass is 35.5. The number of esters is 1. The number of hydrogen-bond acceptors (Lipinski definition) is 5. The summed E-state index contributed by atoms with van der Waals surface area (Å²) in [5.74, 6) is -1.46. The first-order chi connectivity index (χ1) is 13.9. The molecule has 0 fully saturated rings. The molecular formula is C20H25ClN4O4. The van der Waals surface area contributed by atoms with Gasteiger partial charge in [-0.05, 0) is 26.3 Å². The van der Waals surface area contributed by atoms with Gasteiger partial charge >= 0.3 is 5.97 Å². The lowest BCUT2D eigenvalue weighted by molar-refractivity contribution is -0.138. The lowest BCUT2D eigenvalue weighted by Gasteiger charge is -2.20. The summed E-state index contributed by atoms with van der Waals surface area (Å²) >= 11 is 6.33. The van der Waals surface area contributed by atoms with E-state index in [9.17, 15) is 14.4 Å². The molecule has 0 atom stereocenters. The summed E-state index contributed by atoms with van der Waals surface area (Å²) in [4.78, 5) is 37.8. The molecule has 0 aliphatic carbocycles. The van der Waals surface area contributed by atoms with Gasteiger partial charge in [-0.3, -0.25) is 9.59 Å². The van der Waals surface area contributed by atoms with Crippen molar-refractivity contribution in [3.8, 4) is 0 Å². The third-order valence-corrected chi connectivity index (χ3v) is 4.60. The number of carbonyl (C=O) groups is 3. The maximum absolute atomic E-state index is 12.5. The molecule has 2 aromatic rings. The molecule has 0 aliphatic heterocycles. The van der Waals surface area contributed by atoms with E-state index in [-0.39, 0.29) is 23.2 Å². The van der Waals surface area contributed by atoms with Gasteiger partial charge in [-0.2, -0.15) is 5.10 Å². The summed E-state index contributed by atoms with van der Waals surface area (Å²) in [7, 11) is 0. The normalized spacial score (nSPS) is 10.5. The number of hydrogen-bond donors (Lipinski definition) is 1. The third kappa shape index (κ3) is 6.05. The quantitative estimate of drug-likeness (QED) is 0.626. The van der Waals surface area contributed by atoms with Crippen molar-refractivity contribution < 1.29 is 19.1 Å². The largest absolute Gasteiger partial charge is 0.452 e. The van der Waals surface area contributed by atoms with Crippen molar-refractivity contribution in [3.63, 3.8) is 0 Å². The molecule has 1 heterocycles. The molecule has 1 aromatic heterocycles. The van der Waals surface area contributed by atoms with Crippen LogP contribution in [-0.4, -0.2) is 58.7 Å². The Hall–Kier alpha value is -2.87. The number of carbonyl (C=O) groups excluding carboxylic acids is 3. The van der Waals surface area contributed by atoms with Crippen LogP contribution in [0.3, 0.4) is 0 Å². The first kappa shape index (κ1) is 22.4. The molecule has 0 saturated carbocycles. The van der Waals surface area contributed by atoms with Crippen molar-refractivity contribution in [2.45, 2.75) is 27.3 Å². The fourth-order valence-electron chi connectivity index (χ4n) is 2.74. The highest BCUT2D eigenvalue weighted by Gasteiger charge is 2.24. The van der Waals surface area contributed by atoms with Crippen LogP contribution in [0.25, 0.3) is 0 Å². The van der Waals surface area contributed by atoms with Crippen LogP contribution in [-0.2, 0) is 20.9 Å². The van der Waals surface area contributed by atoms with E-state index in [1.165, 1.54) is 9.58 Å². The molecule has 0 spiro atoms. The number of benzene rings is 1. The van der Waals surface area contributed by atoms with Crippen LogP contribution in [0.2, 0.25) is 5.15 Å². The zero-order valence-electron chi connectivity index (χ0n) is 16.8. The second-order valence-electron chi connectivity index (χ2n) is 6.33. The van der Waals surface area contributed by atoms with Crippen molar-refractivity contribution in [2.75, 3.05) is 26.2 Å². The van der Waals surface area contributed by atoms with Crippen LogP contribution < -0.4 is 5.32 Å². The molecule has 0 aliphatic rings. The zero-order valence-corrected chi connectivity index (χ0v) is 17.5. The Morgan fingerprint density at radius 3 is 2.52 bits per heavy atom. The van der Waals surface area contributed by atoms with Gasteiger partial charge in [0, 0.05) is 13.1 Å². The summed E-state index contributed by atoms with van der Waals surface area (Å²) < 4.78 is 6.65. The molecule has 29 heavy (non-hydrogen) atoms. The van der Waals surface area contributed by atoms with E-state index in [4.69, 9.17) is 16.3 Å². The Morgan fingerprint density at radius 1 is 1.21 bits per heavy atom. The predicted molar refractivity (Wildman–Crippen MR) is 109 cm³/mol. The SMILES string of the molecule is CCNC(=O)CN(CC)C(=O)COC(=O)c1c(C)nn(Cc2ccccc2)c1Cl. The van der Waals surface area contributed by atoms with Gasteiger partial charge in [-0.25, -0.2) is 9.48 Å². The Balaban J connectivity index is 2.01. The molecule has 0 radical (unpaired) electrons. The van der Waals surface area contributed by atoms with Gasteiger partial charge in [-0.1, -0.05) is 41.9 Å². The van der Waals surface area contributed by atoms with E-state index in [1.54, 1.807) is 20.8 Å². The van der Waals surface area contributed by atoms with Gasteiger partial charge in [0.1, 0.15) is 10.7 Å².